The van der Waals surface area contributed by atoms with Crippen LogP contribution in [0.15, 0.2) is 34.9 Å². The molecule has 0 aliphatic carbocycles. The largest absolute Gasteiger partial charge is 0.467 e. The number of nitrogens with one attached hydrogen (secondary N) is 1. The Kier molecular flexibility index (Phi) is 3.42. The molecule has 0 aromatic carbocycles. The zero-order valence-corrected chi connectivity index (χ0v) is 11.5. The third-order valence-electron chi connectivity index (χ3n) is 2.69. The molecule has 0 atom stereocenters. The molecule has 6 heteroatoms. The van der Waals surface area contributed by atoms with E-state index in [1.165, 1.54) is 11.3 Å². The maximum Gasteiger partial charge on any atom is 0.131 e. The maximum atomic E-state index is 9.19. The van der Waals surface area contributed by atoms with Gasteiger partial charge in [-0.15, -0.1) is 11.3 Å². The molecule has 0 aliphatic heterocycles. The summed E-state index contributed by atoms with van der Waals surface area (Å²) in [7, 11) is 0. The molecule has 0 aliphatic rings. The Morgan fingerprint density at radius 1 is 1.42 bits per heavy atom. The van der Waals surface area contributed by atoms with E-state index >= 15 is 0 Å². The molecule has 0 unspecified atom stereocenters. The average Bonchev–Trinajstić information content (AvgIpc) is 3.04. The van der Waals surface area contributed by atoms with Crippen LogP contribution in [0.1, 0.15) is 10.6 Å². The lowest BCUT2D eigenvalue weighted by atomic mass is 10.3. The normalized spacial score (nSPS) is 11.1. The SMILES string of the molecule is OCc1cc2nc(Cl)cc(NCc3ccco3)c2s1. The van der Waals surface area contributed by atoms with Gasteiger partial charge in [-0.3, -0.25) is 0 Å². The maximum absolute atomic E-state index is 9.19. The molecule has 2 N–H and O–H groups in total. The third kappa shape index (κ3) is 2.58. The van der Waals surface area contributed by atoms with Gasteiger partial charge in [-0.05, 0) is 18.2 Å². The minimum absolute atomic E-state index is 0.0102. The van der Waals surface area contributed by atoms with E-state index in [1.807, 2.05) is 18.2 Å². The number of hydrogen-bond acceptors (Lipinski definition) is 5. The molecule has 0 fully saturated rings. The van der Waals surface area contributed by atoms with E-state index < -0.39 is 0 Å². The first-order valence-corrected chi connectivity index (χ1v) is 6.92. The van der Waals surface area contributed by atoms with Crippen molar-refractivity contribution in [1.29, 1.82) is 0 Å². The van der Waals surface area contributed by atoms with Crippen molar-refractivity contribution in [2.75, 3.05) is 5.32 Å². The van der Waals surface area contributed by atoms with Crippen molar-refractivity contribution in [2.45, 2.75) is 13.2 Å². The topological polar surface area (TPSA) is 58.3 Å². The second kappa shape index (κ2) is 5.21. The van der Waals surface area contributed by atoms with Crippen LogP contribution in [-0.2, 0) is 13.2 Å². The number of aliphatic hydroxyl groups excluding tert-OH is 1. The van der Waals surface area contributed by atoms with Crippen molar-refractivity contribution in [3.63, 3.8) is 0 Å². The fourth-order valence-electron chi connectivity index (χ4n) is 1.84. The van der Waals surface area contributed by atoms with Gasteiger partial charge in [-0.25, -0.2) is 4.98 Å². The molecule has 98 valence electrons. The average molecular weight is 295 g/mol. The highest BCUT2D eigenvalue weighted by Gasteiger charge is 2.09. The Labute approximate surface area is 118 Å². The smallest absolute Gasteiger partial charge is 0.131 e. The summed E-state index contributed by atoms with van der Waals surface area (Å²) >= 11 is 7.51. The highest BCUT2D eigenvalue weighted by atomic mass is 35.5. The quantitative estimate of drug-likeness (QED) is 0.721. The van der Waals surface area contributed by atoms with Crippen LogP contribution in [0.3, 0.4) is 0 Å². The number of pyridine rings is 1. The molecular weight excluding hydrogens is 284 g/mol. The standard InChI is InChI=1S/C13H11ClN2O2S/c14-12-5-10(15-6-8-2-1-3-18-8)13-11(16-12)4-9(7-17)19-13/h1-5,17H,6-7H2,(H,15,16). The zero-order chi connectivity index (χ0) is 13.2. The molecule has 0 amide bonds. The number of nitrogens with zero attached hydrogens (tertiary/aromatic N) is 1. The number of aromatic nitrogens is 1. The van der Waals surface area contributed by atoms with Crippen LogP contribution >= 0.6 is 22.9 Å². The summed E-state index contributed by atoms with van der Waals surface area (Å²) in [5.41, 5.74) is 1.69. The lowest BCUT2D eigenvalue weighted by Gasteiger charge is -2.06. The van der Waals surface area contributed by atoms with E-state index in [2.05, 4.69) is 10.3 Å². The summed E-state index contributed by atoms with van der Waals surface area (Å²) in [6.45, 7) is 0.588. The highest BCUT2D eigenvalue weighted by Crippen LogP contribution is 2.33. The molecular formula is C13H11ClN2O2S. The Morgan fingerprint density at radius 3 is 3.05 bits per heavy atom. The van der Waals surface area contributed by atoms with Crippen LogP contribution in [0.4, 0.5) is 5.69 Å². The Bertz CT molecular complexity index is 694. The Hall–Kier alpha value is -1.56. The number of aliphatic hydroxyl groups is 1. The second-order valence-electron chi connectivity index (χ2n) is 4.01. The number of thiophene rings is 1. The number of halogens is 1. The molecule has 4 nitrogen and oxygen atoms in total. The number of anilines is 1. The molecule has 3 aromatic rings. The number of fused-ring (bicyclic) bond motifs is 1. The first-order chi connectivity index (χ1) is 9.26. The monoisotopic (exact) mass is 294 g/mol. The van der Waals surface area contributed by atoms with E-state index in [9.17, 15) is 5.11 Å². The zero-order valence-electron chi connectivity index (χ0n) is 9.89. The predicted molar refractivity (Wildman–Crippen MR) is 76.6 cm³/mol. The summed E-state index contributed by atoms with van der Waals surface area (Å²) in [5, 5.41) is 12.9. The van der Waals surface area contributed by atoms with Gasteiger partial charge in [0.25, 0.3) is 0 Å². The van der Waals surface area contributed by atoms with Crippen LogP contribution in [-0.4, -0.2) is 10.1 Å². The lowest BCUT2D eigenvalue weighted by molar-refractivity contribution is 0.285. The van der Waals surface area contributed by atoms with Gasteiger partial charge >= 0.3 is 0 Å². The number of rotatable bonds is 4. The summed E-state index contributed by atoms with van der Waals surface area (Å²) < 4.78 is 6.26. The highest BCUT2D eigenvalue weighted by molar-refractivity contribution is 7.19. The summed E-state index contributed by atoms with van der Waals surface area (Å²) in [5.74, 6) is 0.847. The number of furan rings is 1. The summed E-state index contributed by atoms with van der Waals surface area (Å²) in [4.78, 5) is 5.12. The number of hydrogen-bond donors (Lipinski definition) is 2. The molecule has 3 aromatic heterocycles. The van der Waals surface area contributed by atoms with Crippen molar-refractivity contribution < 1.29 is 9.52 Å². The van der Waals surface area contributed by atoms with E-state index in [0.717, 1.165) is 26.5 Å². The van der Waals surface area contributed by atoms with Crippen molar-refractivity contribution in [3.05, 3.63) is 46.3 Å². The van der Waals surface area contributed by atoms with Crippen LogP contribution < -0.4 is 5.32 Å². The lowest BCUT2D eigenvalue weighted by Crippen LogP contribution is -1.98. The first-order valence-electron chi connectivity index (χ1n) is 5.72. The van der Waals surface area contributed by atoms with Gasteiger partial charge < -0.3 is 14.8 Å². The van der Waals surface area contributed by atoms with Gasteiger partial charge in [0, 0.05) is 10.9 Å². The van der Waals surface area contributed by atoms with Gasteiger partial charge in [0.15, 0.2) is 0 Å². The van der Waals surface area contributed by atoms with Crippen LogP contribution in [0.2, 0.25) is 5.15 Å². The van der Waals surface area contributed by atoms with Gasteiger partial charge in [0.1, 0.15) is 10.9 Å². The van der Waals surface area contributed by atoms with E-state index in [4.69, 9.17) is 16.0 Å². The minimum atomic E-state index is 0.0102. The van der Waals surface area contributed by atoms with Gasteiger partial charge in [0.05, 0.1) is 35.3 Å². The van der Waals surface area contributed by atoms with Crippen molar-refractivity contribution in [1.82, 2.24) is 4.98 Å². The van der Waals surface area contributed by atoms with E-state index in [0.29, 0.717) is 11.7 Å². The fraction of sp³-hybridized carbons (Fsp3) is 0.154. The van der Waals surface area contributed by atoms with Gasteiger partial charge in [-0.2, -0.15) is 0 Å². The summed E-state index contributed by atoms with van der Waals surface area (Å²) in [6.07, 6.45) is 1.64. The van der Waals surface area contributed by atoms with Crippen molar-refractivity contribution >= 4 is 38.8 Å². The Balaban J connectivity index is 1.94. The Morgan fingerprint density at radius 2 is 2.32 bits per heavy atom. The first kappa shape index (κ1) is 12.5. The van der Waals surface area contributed by atoms with Crippen molar-refractivity contribution in [3.8, 4) is 0 Å². The molecule has 0 radical (unpaired) electrons. The molecule has 0 bridgehead atoms. The molecule has 3 heterocycles. The van der Waals surface area contributed by atoms with Crippen LogP contribution in [0.25, 0.3) is 10.2 Å². The third-order valence-corrected chi connectivity index (χ3v) is 4.02. The van der Waals surface area contributed by atoms with E-state index in [-0.39, 0.29) is 6.61 Å². The van der Waals surface area contributed by atoms with E-state index in [1.54, 1.807) is 12.3 Å². The van der Waals surface area contributed by atoms with Crippen LogP contribution in [0.5, 0.6) is 0 Å². The van der Waals surface area contributed by atoms with Crippen LogP contribution in [0, 0.1) is 0 Å². The van der Waals surface area contributed by atoms with Gasteiger partial charge in [-0.1, -0.05) is 11.6 Å². The van der Waals surface area contributed by atoms with Crippen molar-refractivity contribution in [2.24, 2.45) is 0 Å². The molecule has 0 spiro atoms. The molecule has 3 rings (SSSR count). The fourth-order valence-corrected chi connectivity index (χ4v) is 2.99. The van der Waals surface area contributed by atoms with Gasteiger partial charge in [0.2, 0.25) is 0 Å². The molecule has 0 saturated carbocycles. The molecule has 0 saturated heterocycles. The predicted octanol–water partition coefficient (Wildman–Crippen LogP) is 3.65. The second-order valence-corrected chi connectivity index (χ2v) is 5.53. The summed E-state index contributed by atoms with van der Waals surface area (Å²) in [6, 6.07) is 7.39. The molecule has 19 heavy (non-hydrogen) atoms. The minimum Gasteiger partial charge on any atom is -0.467 e.